The van der Waals surface area contributed by atoms with E-state index in [1.165, 1.54) is 13.8 Å². The van der Waals surface area contributed by atoms with Crippen molar-refractivity contribution in [2.75, 3.05) is 19.7 Å². The molecule has 0 spiro atoms. The zero-order chi connectivity index (χ0) is 29.9. The molecule has 0 atom stereocenters. The lowest BCUT2D eigenvalue weighted by Crippen LogP contribution is -2.67. The zero-order valence-corrected chi connectivity index (χ0v) is 23.9. The number of carbonyl (C=O) groups excluding carboxylic acids is 4. The normalized spacial score (nSPS) is 15.7. The van der Waals surface area contributed by atoms with Crippen LogP contribution in [0.5, 0.6) is 0 Å². The number of amides is 4. The summed E-state index contributed by atoms with van der Waals surface area (Å²) in [5.74, 6) is -1.61. The van der Waals surface area contributed by atoms with E-state index < -0.39 is 29.0 Å². The van der Waals surface area contributed by atoms with Crippen LogP contribution in [0.25, 0.3) is 11.1 Å². The van der Waals surface area contributed by atoms with Crippen LogP contribution in [-0.4, -0.2) is 59.5 Å². The van der Waals surface area contributed by atoms with E-state index in [4.69, 9.17) is 10.5 Å². The predicted molar refractivity (Wildman–Crippen MR) is 158 cm³/mol. The second-order valence-electron chi connectivity index (χ2n) is 11.5. The Morgan fingerprint density at radius 2 is 1.43 bits per heavy atom. The second kappa shape index (κ2) is 11.7. The Labute approximate surface area is 245 Å². The molecule has 218 valence electrons. The number of ether oxygens (including phenoxy) is 1. The molecule has 1 saturated heterocycles. The fourth-order valence-corrected chi connectivity index (χ4v) is 5.72. The quantitative estimate of drug-likeness (QED) is 0.383. The molecule has 0 bridgehead atoms. The highest BCUT2D eigenvalue weighted by Crippen LogP contribution is 2.44. The van der Waals surface area contributed by atoms with Gasteiger partial charge in [0, 0.05) is 19.0 Å². The van der Waals surface area contributed by atoms with Crippen LogP contribution in [0.15, 0.2) is 78.9 Å². The second-order valence-corrected chi connectivity index (χ2v) is 11.5. The number of hydrogen-bond acceptors (Lipinski definition) is 5. The third-order valence-corrected chi connectivity index (χ3v) is 8.27. The van der Waals surface area contributed by atoms with E-state index in [1.54, 1.807) is 4.90 Å². The van der Waals surface area contributed by atoms with Crippen molar-refractivity contribution in [3.63, 3.8) is 0 Å². The van der Waals surface area contributed by atoms with Crippen molar-refractivity contribution >= 4 is 23.8 Å². The number of primary amides is 1. The summed E-state index contributed by atoms with van der Waals surface area (Å²) in [6, 6.07) is 25.5. The van der Waals surface area contributed by atoms with E-state index in [0.717, 1.165) is 27.8 Å². The molecule has 3 aromatic rings. The minimum Gasteiger partial charge on any atom is -0.448 e. The van der Waals surface area contributed by atoms with Crippen LogP contribution >= 0.6 is 0 Å². The van der Waals surface area contributed by atoms with Gasteiger partial charge in [0.2, 0.25) is 17.7 Å². The largest absolute Gasteiger partial charge is 0.448 e. The molecular formula is C33H36N4O5. The molecule has 0 unspecified atom stereocenters. The van der Waals surface area contributed by atoms with Gasteiger partial charge in [0.25, 0.3) is 0 Å². The summed E-state index contributed by atoms with van der Waals surface area (Å²) in [6.07, 6.45) is -0.0823. The summed E-state index contributed by atoms with van der Waals surface area (Å²) in [5.41, 5.74) is 8.19. The lowest BCUT2D eigenvalue weighted by molar-refractivity contribution is -0.139. The molecule has 42 heavy (non-hydrogen) atoms. The van der Waals surface area contributed by atoms with Gasteiger partial charge in [0.05, 0.1) is 6.42 Å². The molecule has 0 saturated carbocycles. The average molecular weight is 569 g/mol. The summed E-state index contributed by atoms with van der Waals surface area (Å²) in [6.45, 7) is 3.59. The number of fused-ring (bicyclic) bond motifs is 3. The summed E-state index contributed by atoms with van der Waals surface area (Å²) < 4.78 is 5.82. The van der Waals surface area contributed by atoms with Crippen LogP contribution in [-0.2, 0) is 25.5 Å². The molecule has 1 aliphatic heterocycles. The number of carbonyl (C=O) groups is 4. The Bertz CT molecular complexity index is 1450. The average Bonchev–Trinajstić information content (AvgIpc) is 3.30. The summed E-state index contributed by atoms with van der Waals surface area (Å²) in [5, 5.41) is 5.62. The summed E-state index contributed by atoms with van der Waals surface area (Å²) in [7, 11) is 0. The van der Waals surface area contributed by atoms with E-state index in [2.05, 4.69) is 34.9 Å². The highest BCUT2D eigenvalue weighted by molar-refractivity contribution is 5.96. The van der Waals surface area contributed by atoms with Crippen molar-refractivity contribution in [2.24, 2.45) is 5.73 Å². The molecule has 4 N–H and O–H groups in total. The van der Waals surface area contributed by atoms with Gasteiger partial charge in [-0.1, -0.05) is 78.9 Å². The van der Waals surface area contributed by atoms with E-state index in [-0.39, 0.29) is 50.8 Å². The van der Waals surface area contributed by atoms with Crippen LogP contribution in [0.4, 0.5) is 4.79 Å². The lowest BCUT2D eigenvalue weighted by atomic mass is 9.85. The molecule has 3 aromatic carbocycles. The van der Waals surface area contributed by atoms with Gasteiger partial charge in [0.1, 0.15) is 17.7 Å². The molecule has 9 heteroatoms. The first kappa shape index (κ1) is 28.9. The fourth-order valence-electron chi connectivity index (χ4n) is 5.72. The first-order chi connectivity index (χ1) is 20.1. The fraction of sp³-hybridized carbons (Fsp3) is 0.333. The van der Waals surface area contributed by atoms with Gasteiger partial charge in [-0.15, -0.1) is 0 Å². The number of nitrogens with two attached hydrogens (primary N) is 1. The van der Waals surface area contributed by atoms with Crippen molar-refractivity contribution in [1.82, 2.24) is 15.5 Å². The maximum atomic E-state index is 13.6. The SMILES string of the molecule is CC(C)(NC(=O)C1(NC(=O)Cc2ccccc2)CCN(C(=O)OCC2c3ccccc3-c3ccccc32)CC1)C(N)=O. The van der Waals surface area contributed by atoms with Crippen LogP contribution in [0.3, 0.4) is 0 Å². The Kier molecular flexibility index (Phi) is 8.02. The highest BCUT2D eigenvalue weighted by atomic mass is 16.6. The Morgan fingerprint density at radius 1 is 0.881 bits per heavy atom. The van der Waals surface area contributed by atoms with E-state index in [9.17, 15) is 19.2 Å². The van der Waals surface area contributed by atoms with E-state index in [0.29, 0.717) is 0 Å². The molecule has 5 rings (SSSR count). The minimum atomic E-state index is -1.32. The maximum Gasteiger partial charge on any atom is 0.409 e. The molecular weight excluding hydrogens is 532 g/mol. The molecule has 1 heterocycles. The maximum absolute atomic E-state index is 13.6. The smallest absolute Gasteiger partial charge is 0.409 e. The third kappa shape index (κ3) is 5.86. The Morgan fingerprint density at radius 3 is 2.00 bits per heavy atom. The molecule has 1 fully saturated rings. The Hall–Kier alpha value is -4.66. The number of benzene rings is 3. The minimum absolute atomic E-state index is 0.0654. The molecule has 4 amide bonds. The van der Waals surface area contributed by atoms with Crippen LogP contribution in [0, 0.1) is 0 Å². The molecule has 2 aliphatic rings. The predicted octanol–water partition coefficient (Wildman–Crippen LogP) is 3.51. The van der Waals surface area contributed by atoms with E-state index >= 15 is 0 Å². The Balaban J connectivity index is 1.26. The first-order valence-corrected chi connectivity index (χ1v) is 14.2. The highest BCUT2D eigenvalue weighted by Gasteiger charge is 2.46. The van der Waals surface area contributed by atoms with Gasteiger partial charge < -0.3 is 26.0 Å². The van der Waals surface area contributed by atoms with Crippen molar-refractivity contribution in [3.8, 4) is 11.1 Å². The van der Waals surface area contributed by atoms with Crippen LogP contribution in [0.2, 0.25) is 0 Å². The molecule has 9 nitrogen and oxygen atoms in total. The first-order valence-electron chi connectivity index (χ1n) is 14.2. The monoisotopic (exact) mass is 568 g/mol. The number of nitrogens with zero attached hydrogens (tertiary/aromatic N) is 1. The molecule has 0 aromatic heterocycles. The van der Waals surface area contributed by atoms with Crippen molar-refractivity contribution in [3.05, 3.63) is 95.6 Å². The molecule has 0 radical (unpaired) electrons. The van der Waals surface area contributed by atoms with Crippen molar-refractivity contribution < 1.29 is 23.9 Å². The van der Waals surface area contributed by atoms with E-state index in [1.807, 2.05) is 54.6 Å². The number of nitrogens with one attached hydrogen (secondary N) is 2. The van der Waals surface area contributed by atoms with Gasteiger partial charge >= 0.3 is 6.09 Å². The number of piperidine rings is 1. The van der Waals surface area contributed by atoms with Gasteiger partial charge in [0.15, 0.2) is 0 Å². The summed E-state index contributed by atoms with van der Waals surface area (Å²) in [4.78, 5) is 53.3. The topological polar surface area (TPSA) is 131 Å². The number of likely N-dealkylation sites (tertiary alicyclic amines) is 1. The van der Waals surface area contributed by atoms with Gasteiger partial charge in [-0.3, -0.25) is 14.4 Å². The van der Waals surface area contributed by atoms with Gasteiger partial charge in [-0.05, 0) is 54.5 Å². The number of rotatable bonds is 8. The third-order valence-electron chi connectivity index (χ3n) is 8.27. The number of hydrogen-bond donors (Lipinski definition) is 3. The lowest BCUT2D eigenvalue weighted by Gasteiger charge is -2.42. The van der Waals surface area contributed by atoms with Gasteiger partial charge in [-0.2, -0.15) is 0 Å². The van der Waals surface area contributed by atoms with Crippen molar-refractivity contribution in [1.29, 1.82) is 0 Å². The van der Waals surface area contributed by atoms with Crippen LogP contribution < -0.4 is 16.4 Å². The summed E-state index contributed by atoms with van der Waals surface area (Å²) >= 11 is 0. The molecule has 1 aliphatic carbocycles. The van der Waals surface area contributed by atoms with Crippen LogP contribution in [0.1, 0.15) is 49.3 Å². The van der Waals surface area contributed by atoms with Gasteiger partial charge in [-0.25, -0.2) is 4.79 Å². The van der Waals surface area contributed by atoms with Crippen molar-refractivity contribution in [2.45, 2.75) is 50.1 Å². The standard InChI is InChI=1S/C33H36N4O5/c1-32(2,29(34)39)36-30(40)33(35-28(38)20-22-10-4-3-5-11-22)16-18-37(19-17-33)31(41)42-21-27-25-14-8-6-12-23(25)24-13-7-9-15-26(24)27/h3-15,27H,16-21H2,1-2H3,(H2,34,39)(H,35,38)(H,36,40). The zero-order valence-electron chi connectivity index (χ0n) is 23.9.